The molecule has 1 aliphatic rings. The maximum atomic E-state index is 14.2. The number of aromatic amines is 1. The van der Waals surface area contributed by atoms with Crippen LogP contribution in [0.25, 0.3) is 10.9 Å². The van der Waals surface area contributed by atoms with E-state index in [-0.39, 0.29) is 12.4 Å². The molecule has 1 saturated heterocycles. The highest BCUT2D eigenvalue weighted by Crippen LogP contribution is 2.44. The summed E-state index contributed by atoms with van der Waals surface area (Å²) < 4.78 is 37.9. The summed E-state index contributed by atoms with van der Waals surface area (Å²) in [5.41, 5.74) is 2.65. The quantitative estimate of drug-likeness (QED) is 0.135. The molecule has 0 aliphatic carbocycles. The highest BCUT2D eigenvalue weighted by atomic mass is 127. The third-order valence-corrected chi connectivity index (χ3v) is 7.31. The van der Waals surface area contributed by atoms with E-state index in [1.165, 1.54) is 19.9 Å². The second-order valence-corrected chi connectivity index (χ2v) is 10.8. The van der Waals surface area contributed by atoms with Crippen LogP contribution in [0.2, 0.25) is 0 Å². The molecule has 2 heterocycles. The number of hydrogen-bond donors (Lipinski definition) is 1. The first-order chi connectivity index (χ1) is 18.7. The van der Waals surface area contributed by atoms with Crippen LogP contribution in [0.5, 0.6) is 11.5 Å². The predicted octanol–water partition coefficient (Wildman–Crippen LogP) is 6.47. The van der Waals surface area contributed by atoms with Gasteiger partial charge in [-0.1, -0.05) is 36.4 Å². The number of ether oxygens (including phenoxy) is 4. The molecule has 9 heteroatoms. The third-order valence-electron chi connectivity index (χ3n) is 6.51. The molecule has 0 amide bonds. The molecule has 3 aromatic carbocycles. The topological polar surface area (TPSA) is 86.9 Å². The fourth-order valence-corrected chi connectivity index (χ4v) is 5.62. The summed E-state index contributed by atoms with van der Waals surface area (Å²) >= 11 is 2.12. The average molecular weight is 643 g/mol. The predicted molar refractivity (Wildman–Crippen MR) is 151 cm³/mol. The van der Waals surface area contributed by atoms with Crippen molar-refractivity contribution in [3.63, 3.8) is 0 Å². The first kappa shape index (κ1) is 27.0. The van der Waals surface area contributed by atoms with E-state index < -0.39 is 29.6 Å². The molecule has 0 unspecified atom stereocenters. The van der Waals surface area contributed by atoms with Gasteiger partial charge in [0.05, 0.1) is 10.2 Å². The first-order valence-electron chi connectivity index (χ1n) is 12.5. The minimum atomic E-state index is -1.36. The van der Waals surface area contributed by atoms with Crippen molar-refractivity contribution < 1.29 is 32.9 Å². The van der Waals surface area contributed by atoms with Crippen molar-refractivity contribution in [2.45, 2.75) is 39.1 Å². The highest BCUT2D eigenvalue weighted by Gasteiger charge is 2.49. The molecule has 4 aromatic rings. The van der Waals surface area contributed by atoms with E-state index in [1.807, 2.05) is 37.3 Å². The van der Waals surface area contributed by atoms with E-state index >= 15 is 0 Å². The van der Waals surface area contributed by atoms with Gasteiger partial charge in [0, 0.05) is 42.4 Å². The van der Waals surface area contributed by atoms with Crippen LogP contribution in [-0.2, 0) is 25.7 Å². The van der Waals surface area contributed by atoms with Gasteiger partial charge in [0.15, 0.2) is 17.4 Å². The van der Waals surface area contributed by atoms with Crippen molar-refractivity contribution in [3.05, 3.63) is 92.9 Å². The molecule has 0 radical (unpaired) electrons. The van der Waals surface area contributed by atoms with Crippen molar-refractivity contribution in [2.75, 3.05) is 6.61 Å². The zero-order valence-corrected chi connectivity index (χ0v) is 23.8. The molecule has 1 aromatic heterocycles. The van der Waals surface area contributed by atoms with Crippen LogP contribution in [0.1, 0.15) is 43.4 Å². The highest BCUT2D eigenvalue weighted by molar-refractivity contribution is 14.1. The fraction of sp³-hybridized carbons (Fsp3) is 0.267. The van der Waals surface area contributed by atoms with Gasteiger partial charge in [0.25, 0.3) is 5.79 Å². The Morgan fingerprint density at radius 3 is 2.44 bits per heavy atom. The SMILES string of the molecule is CCOc1cc([C@@H](c2c[nH]c3ccccc23)C2C(=O)OC(C)(C)OC2=O)cc(I)c1OCc1ccccc1F. The Hall–Kier alpha value is -3.60. The van der Waals surface area contributed by atoms with Crippen LogP contribution in [0.15, 0.2) is 66.9 Å². The normalized spacial score (nSPS) is 16.0. The molecular weight excluding hydrogens is 616 g/mol. The van der Waals surface area contributed by atoms with Crippen LogP contribution in [0.3, 0.4) is 0 Å². The number of H-pyrrole nitrogens is 1. The number of hydrogen-bond acceptors (Lipinski definition) is 6. The van der Waals surface area contributed by atoms with E-state index in [4.69, 9.17) is 18.9 Å². The second kappa shape index (κ2) is 10.9. The summed E-state index contributed by atoms with van der Waals surface area (Å²) in [7, 11) is 0. The van der Waals surface area contributed by atoms with Crippen molar-refractivity contribution in [2.24, 2.45) is 5.92 Å². The van der Waals surface area contributed by atoms with Gasteiger partial charge in [-0.25, -0.2) is 4.39 Å². The number of aromatic nitrogens is 1. The van der Waals surface area contributed by atoms with Crippen LogP contribution in [-0.4, -0.2) is 29.3 Å². The number of benzene rings is 3. The minimum absolute atomic E-state index is 0.00430. The second-order valence-electron chi connectivity index (χ2n) is 9.63. The number of carbonyl (C=O) groups is 2. The number of nitrogens with one attached hydrogen (secondary N) is 1. The van der Waals surface area contributed by atoms with E-state index in [0.717, 1.165) is 16.5 Å². The van der Waals surface area contributed by atoms with E-state index in [1.54, 1.807) is 30.5 Å². The lowest BCUT2D eigenvalue weighted by atomic mass is 9.80. The van der Waals surface area contributed by atoms with E-state index in [9.17, 15) is 14.0 Å². The molecule has 0 saturated carbocycles. The van der Waals surface area contributed by atoms with Gasteiger partial charge in [0.2, 0.25) is 0 Å². The Morgan fingerprint density at radius 1 is 1.03 bits per heavy atom. The summed E-state index contributed by atoms with van der Waals surface area (Å²) in [6.07, 6.45) is 1.80. The Morgan fingerprint density at radius 2 is 1.72 bits per heavy atom. The number of rotatable bonds is 8. The van der Waals surface area contributed by atoms with Crippen LogP contribution in [0, 0.1) is 15.3 Å². The molecule has 1 fully saturated rings. The molecule has 0 bridgehead atoms. The molecule has 0 spiro atoms. The zero-order chi connectivity index (χ0) is 27.7. The molecule has 1 N–H and O–H groups in total. The third kappa shape index (κ3) is 5.45. The maximum absolute atomic E-state index is 14.2. The van der Waals surface area contributed by atoms with Crippen molar-refractivity contribution in [1.29, 1.82) is 0 Å². The molecular formula is C30H27FINO6. The van der Waals surface area contributed by atoms with Gasteiger partial charge < -0.3 is 23.9 Å². The number of carbonyl (C=O) groups excluding carboxylic acids is 2. The largest absolute Gasteiger partial charge is 0.490 e. The fourth-order valence-electron chi connectivity index (χ4n) is 4.84. The summed E-state index contributed by atoms with van der Waals surface area (Å²) in [5, 5.41) is 0.862. The van der Waals surface area contributed by atoms with Crippen molar-refractivity contribution in [3.8, 4) is 11.5 Å². The summed E-state index contributed by atoms with van der Waals surface area (Å²) in [6, 6.07) is 17.7. The van der Waals surface area contributed by atoms with Crippen LogP contribution >= 0.6 is 22.6 Å². The summed E-state index contributed by atoms with van der Waals surface area (Å²) in [4.78, 5) is 29.8. The molecule has 7 nitrogen and oxygen atoms in total. The van der Waals surface area contributed by atoms with Gasteiger partial charge >= 0.3 is 11.9 Å². The lowest BCUT2D eigenvalue weighted by Gasteiger charge is -2.36. The first-order valence-corrected chi connectivity index (χ1v) is 13.6. The number of cyclic esters (lactones) is 2. The number of para-hydroxylation sites is 1. The lowest BCUT2D eigenvalue weighted by molar-refractivity contribution is -0.240. The standard InChI is InChI=1S/C30H27FINO6/c1-4-36-24-14-18(13-22(32)27(24)37-16-17-9-5-7-11-21(17)31)25(20-15-33-23-12-8-6-10-19(20)23)26-28(34)38-30(2,3)39-29(26)35/h5-15,25-26,33H,4,16H2,1-3H3/t25-/m0/s1. The molecule has 39 heavy (non-hydrogen) atoms. The summed E-state index contributed by atoms with van der Waals surface area (Å²) in [5.74, 6) is -4.18. The maximum Gasteiger partial charge on any atom is 0.324 e. The number of halogens is 2. The molecule has 1 aliphatic heterocycles. The Bertz CT molecular complexity index is 1530. The smallest absolute Gasteiger partial charge is 0.324 e. The zero-order valence-electron chi connectivity index (χ0n) is 21.6. The van der Waals surface area contributed by atoms with Gasteiger partial charge in [-0.2, -0.15) is 0 Å². The minimum Gasteiger partial charge on any atom is -0.490 e. The van der Waals surface area contributed by atoms with Crippen LogP contribution in [0.4, 0.5) is 4.39 Å². The summed E-state index contributed by atoms with van der Waals surface area (Å²) in [6.45, 7) is 5.24. The Kier molecular flexibility index (Phi) is 7.53. The van der Waals surface area contributed by atoms with Gasteiger partial charge in [-0.3, -0.25) is 9.59 Å². The van der Waals surface area contributed by atoms with Gasteiger partial charge in [-0.15, -0.1) is 0 Å². The number of fused-ring (bicyclic) bond motifs is 1. The van der Waals surface area contributed by atoms with E-state index in [0.29, 0.717) is 32.8 Å². The molecule has 202 valence electrons. The van der Waals surface area contributed by atoms with Crippen molar-refractivity contribution in [1.82, 2.24) is 4.98 Å². The van der Waals surface area contributed by atoms with Gasteiger partial charge in [0.1, 0.15) is 12.4 Å². The van der Waals surface area contributed by atoms with Crippen LogP contribution < -0.4 is 9.47 Å². The Balaban J connectivity index is 1.61. The lowest BCUT2D eigenvalue weighted by Crippen LogP contribution is -2.48. The molecule has 5 rings (SSSR count). The van der Waals surface area contributed by atoms with Gasteiger partial charge in [-0.05, 0) is 64.9 Å². The number of esters is 2. The molecule has 1 atom stereocenters. The Labute approximate surface area is 238 Å². The average Bonchev–Trinajstić information content (AvgIpc) is 3.30. The van der Waals surface area contributed by atoms with Crippen molar-refractivity contribution >= 4 is 45.4 Å². The van der Waals surface area contributed by atoms with E-state index in [2.05, 4.69) is 27.6 Å². The monoisotopic (exact) mass is 643 g/mol.